The average molecular weight is 581 g/mol. The van der Waals surface area contributed by atoms with Crippen LogP contribution in [0.15, 0.2) is 70.6 Å². The van der Waals surface area contributed by atoms with E-state index in [0.717, 1.165) is 53.5 Å². The predicted octanol–water partition coefficient (Wildman–Crippen LogP) is 4.66. The Morgan fingerprint density at radius 3 is 2.38 bits per heavy atom. The number of benzene rings is 2. The monoisotopic (exact) mass is 580 g/mol. The molecule has 40 heavy (non-hydrogen) atoms. The minimum Gasteiger partial charge on any atom is -0.355 e. The Hall–Kier alpha value is -3.25. The number of carbonyl (C=O) groups excluding carboxylic acids is 1. The van der Waals surface area contributed by atoms with Crippen LogP contribution in [0.1, 0.15) is 43.7 Å². The lowest BCUT2D eigenvalue weighted by atomic mass is 9.85. The summed E-state index contributed by atoms with van der Waals surface area (Å²) in [6.07, 6.45) is -1.00. The quantitative estimate of drug-likeness (QED) is 0.379. The van der Waals surface area contributed by atoms with E-state index >= 15 is 0 Å². The van der Waals surface area contributed by atoms with E-state index in [2.05, 4.69) is 22.2 Å². The molecule has 4 rings (SSSR count). The van der Waals surface area contributed by atoms with Gasteiger partial charge in [-0.15, -0.1) is 0 Å². The van der Waals surface area contributed by atoms with Gasteiger partial charge in [0.25, 0.3) is 0 Å². The maximum Gasteiger partial charge on any atom is 0.416 e. The second-order valence-electron chi connectivity index (χ2n) is 10.5. The van der Waals surface area contributed by atoms with E-state index in [1.165, 1.54) is 18.6 Å². The number of hydrogen-bond acceptors (Lipinski definition) is 5. The third-order valence-corrected chi connectivity index (χ3v) is 9.17. The number of rotatable bonds is 11. The number of alkyl halides is 3. The first-order valence-corrected chi connectivity index (χ1v) is 14.4. The molecule has 7 nitrogen and oxygen atoms in total. The van der Waals surface area contributed by atoms with Gasteiger partial charge >= 0.3 is 6.18 Å². The first kappa shape index (κ1) is 29.7. The highest BCUT2D eigenvalue weighted by atomic mass is 32.2. The van der Waals surface area contributed by atoms with Crippen molar-refractivity contribution in [2.24, 2.45) is 10.9 Å². The Balaban J connectivity index is 1.45. The Labute approximate surface area is 231 Å². The molecule has 1 fully saturated rings. The number of nitrogens with one attached hydrogen (secondary N) is 2. The van der Waals surface area contributed by atoms with Gasteiger partial charge in [0, 0.05) is 19.6 Å². The molecular weight excluding hydrogens is 548 g/mol. The summed E-state index contributed by atoms with van der Waals surface area (Å²) in [5, 5.41) is 6.09. The number of hydrogen-bond donors (Lipinski definition) is 2. The lowest BCUT2D eigenvalue weighted by molar-refractivity contribution is -0.137. The molecule has 0 spiro atoms. The van der Waals surface area contributed by atoms with Crippen LogP contribution in [0.3, 0.4) is 0 Å². The number of nitrogens with zero attached hydrogens (tertiary/aromatic N) is 2. The molecule has 2 aromatic rings. The van der Waals surface area contributed by atoms with Gasteiger partial charge in [-0.25, -0.2) is 12.8 Å². The fraction of sp³-hybridized carbons (Fsp3) is 0.429. The van der Waals surface area contributed by atoms with E-state index in [0.29, 0.717) is 29.4 Å². The van der Waals surface area contributed by atoms with Crippen molar-refractivity contribution in [1.29, 1.82) is 0 Å². The Morgan fingerprint density at radius 2 is 1.80 bits per heavy atom. The molecule has 1 saturated carbocycles. The minimum absolute atomic E-state index is 0.0785. The van der Waals surface area contributed by atoms with E-state index in [-0.39, 0.29) is 36.9 Å². The zero-order valence-corrected chi connectivity index (χ0v) is 22.9. The number of amidine groups is 1. The van der Waals surface area contributed by atoms with Gasteiger partial charge in [0.05, 0.1) is 17.0 Å². The molecule has 1 aliphatic carbocycles. The van der Waals surface area contributed by atoms with Crippen LogP contribution in [0, 0.1) is 11.7 Å². The number of amides is 1. The van der Waals surface area contributed by atoms with Crippen LogP contribution in [-0.2, 0) is 27.5 Å². The SMILES string of the molecule is C=C(CCN(Cc1ccc(C(F)(F)F)cc1)S(=O)(=O)c1ccc(F)cc1)C1=NC[C@@](C)(C(=O)NCC2CCC2)N1. The van der Waals surface area contributed by atoms with Crippen molar-refractivity contribution in [3.63, 3.8) is 0 Å². The second kappa shape index (κ2) is 11.7. The van der Waals surface area contributed by atoms with Crippen LogP contribution in [0.4, 0.5) is 17.6 Å². The number of sulfonamides is 1. The molecule has 0 bridgehead atoms. The molecular formula is C28H32F4N4O3S. The van der Waals surface area contributed by atoms with Crippen molar-refractivity contribution in [3.8, 4) is 0 Å². The molecule has 0 unspecified atom stereocenters. The fourth-order valence-electron chi connectivity index (χ4n) is 4.46. The van der Waals surface area contributed by atoms with Crippen LogP contribution < -0.4 is 10.6 Å². The third-order valence-electron chi connectivity index (χ3n) is 7.31. The van der Waals surface area contributed by atoms with Gasteiger partial charge in [0.15, 0.2) is 0 Å². The molecule has 1 heterocycles. The van der Waals surface area contributed by atoms with Crippen molar-refractivity contribution in [2.45, 2.75) is 55.8 Å². The number of carbonyl (C=O) groups is 1. The van der Waals surface area contributed by atoms with Crippen molar-refractivity contribution in [1.82, 2.24) is 14.9 Å². The Bertz CT molecular complexity index is 1370. The molecule has 0 aromatic heterocycles. The summed E-state index contributed by atoms with van der Waals surface area (Å²) in [6, 6.07) is 8.55. The lowest BCUT2D eigenvalue weighted by Crippen LogP contribution is -2.56. The van der Waals surface area contributed by atoms with Crippen LogP contribution in [0.2, 0.25) is 0 Å². The normalized spacial score (nSPS) is 19.6. The second-order valence-corrected chi connectivity index (χ2v) is 12.4. The summed E-state index contributed by atoms with van der Waals surface area (Å²) >= 11 is 0. The van der Waals surface area contributed by atoms with E-state index < -0.39 is 33.1 Å². The zero-order valence-electron chi connectivity index (χ0n) is 22.1. The van der Waals surface area contributed by atoms with Crippen molar-refractivity contribution in [3.05, 3.63) is 77.6 Å². The smallest absolute Gasteiger partial charge is 0.355 e. The molecule has 1 atom stereocenters. The Morgan fingerprint density at radius 1 is 1.15 bits per heavy atom. The number of halogens is 4. The van der Waals surface area contributed by atoms with Crippen molar-refractivity contribution < 1.29 is 30.8 Å². The van der Waals surface area contributed by atoms with Crippen LogP contribution in [0.5, 0.6) is 0 Å². The average Bonchev–Trinajstić information content (AvgIpc) is 3.28. The molecule has 1 amide bonds. The fourth-order valence-corrected chi connectivity index (χ4v) is 5.88. The van der Waals surface area contributed by atoms with Crippen LogP contribution in [-0.4, -0.2) is 49.6 Å². The standard InChI is InChI=1S/C28H32F4N4O3S/c1-19(25-34-18-27(2,35-25)26(37)33-16-20-4-3-5-20)14-15-36(40(38,39)24-12-10-23(29)11-13-24)17-21-6-8-22(9-7-21)28(30,31)32/h6-13,20H,1,3-5,14-18H2,2H3,(H,33,37)(H,34,35)/t27-/m0/s1. The van der Waals surface area contributed by atoms with Crippen molar-refractivity contribution >= 4 is 21.8 Å². The molecule has 2 aliphatic rings. The number of aliphatic imine (C=N–C) groups is 1. The van der Waals surface area contributed by atoms with Gasteiger partial charge in [-0.3, -0.25) is 9.79 Å². The van der Waals surface area contributed by atoms with E-state index in [1.807, 2.05) is 0 Å². The molecule has 2 N–H and O–H groups in total. The summed E-state index contributed by atoms with van der Waals surface area (Å²) in [5.41, 5.74) is -0.983. The van der Waals surface area contributed by atoms with E-state index in [1.54, 1.807) is 6.92 Å². The molecule has 0 saturated heterocycles. The first-order valence-electron chi connectivity index (χ1n) is 13.0. The van der Waals surface area contributed by atoms with Crippen LogP contribution in [0.25, 0.3) is 0 Å². The van der Waals surface area contributed by atoms with Gasteiger partial charge in [-0.05, 0) is 79.6 Å². The summed E-state index contributed by atoms with van der Waals surface area (Å²) in [7, 11) is -4.14. The van der Waals surface area contributed by atoms with E-state index in [4.69, 9.17) is 0 Å². The maximum absolute atomic E-state index is 13.5. The maximum atomic E-state index is 13.5. The highest BCUT2D eigenvalue weighted by Gasteiger charge is 2.39. The van der Waals surface area contributed by atoms with Gasteiger partial charge in [0.2, 0.25) is 15.9 Å². The lowest BCUT2D eigenvalue weighted by Gasteiger charge is -2.29. The molecule has 1 aliphatic heterocycles. The van der Waals surface area contributed by atoms with Gasteiger partial charge in [-0.2, -0.15) is 17.5 Å². The van der Waals surface area contributed by atoms with Crippen molar-refractivity contribution in [2.75, 3.05) is 19.6 Å². The molecule has 12 heteroatoms. The first-order chi connectivity index (χ1) is 18.8. The Kier molecular flexibility index (Phi) is 8.69. The topological polar surface area (TPSA) is 90.9 Å². The van der Waals surface area contributed by atoms with Crippen LogP contribution >= 0.6 is 0 Å². The largest absolute Gasteiger partial charge is 0.416 e. The van der Waals surface area contributed by atoms with Gasteiger partial charge < -0.3 is 10.6 Å². The summed E-state index contributed by atoms with van der Waals surface area (Å²) in [6.45, 7) is 6.28. The summed E-state index contributed by atoms with van der Waals surface area (Å²) in [5.74, 6) is 0.124. The zero-order chi connectivity index (χ0) is 29.1. The summed E-state index contributed by atoms with van der Waals surface area (Å²) < 4.78 is 80.4. The van der Waals surface area contributed by atoms with Gasteiger partial charge in [0.1, 0.15) is 17.2 Å². The molecule has 216 valence electrons. The highest BCUT2D eigenvalue weighted by Crippen LogP contribution is 2.30. The predicted molar refractivity (Wildman–Crippen MR) is 143 cm³/mol. The molecule has 0 radical (unpaired) electrons. The third kappa shape index (κ3) is 6.90. The highest BCUT2D eigenvalue weighted by molar-refractivity contribution is 7.89. The summed E-state index contributed by atoms with van der Waals surface area (Å²) in [4.78, 5) is 17.1. The van der Waals surface area contributed by atoms with Gasteiger partial charge in [-0.1, -0.05) is 25.1 Å². The van der Waals surface area contributed by atoms with E-state index in [9.17, 15) is 30.8 Å². The molecule has 2 aromatic carbocycles. The minimum atomic E-state index is -4.52.